The summed E-state index contributed by atoms with van der Waals surface area (Å²) in [5.41, 5.74) is 0.536. The van der Waals surface area contributed by atoms with E-state index in [2.05, 4.69) is 0 Å². The molecule has 0 spiro atoms. The second-order valence-electron chi connectivity index (χ2n) is 5.17. The van der Waals surface area contributed by atoms with Crippen LogP contribution in [-0.4, -0.2) is 44.9 Å². The van der Waals surface area contributed by atoms with Gasteiger partial charge in [0.2, 0.25) is 10.0 Å². The number of amides is 1. The number of hydrogen-bond donors (Lipinski definition) is 0. The summed E-state index contributed by atoms with van der Waals surface area (Å²) in [7, 11) is -3.48. The summed E-state index contributed by atoms with van der Waals surface area (Å²) < 4.78 is 32.0. The van der Waals surface area contributed by atoms with Crippen molar-refractivity contribution in [3.8, 4) is 5.75 Å². The molecule has 0 radical (unpaired) electrons. The molecule has 0 unspecified atom stereocenters. The van der Waals surface area contributed by atoms with E-state index in [0.29, 0.717) is 31.1 Å². The second kappa shape index (κ2) is 5.31. The van der Waals surface area contributed by atoms with Gasteiger partial charge in [-0.1, -0.05) is 0 Å². The first-order valence-electron chi connectivity index (χ1n) is 7.11. The van der Waals surface area contributed by atoms with Crippen LogP contribution in [0.2, 0.25) is 0 Å². The molecule has 2 aliphatic heterocycles. The average Bonchev–Trinajstić information content (AvgIpc) is 3.01. The molecule has 2 heterocycles. The third-order valence-electron chi connectivity index (χ3n) is 3.89. The SMILES string of the molecule is CCN1C(=O)COc2ccc(S(=O)(=O)N3CCCC3)cc21. The van der Waals surface area contributed by atoms with Gasteiger partial charge in [-0.2, -0.15) is 4.31 Å². The Hall–Kier alpha value is -1.60. The summed E-state index contributed by atoms with van der Waals surface area (Å²) in [6, 6.07) is 4.73. The smallest absolute Gasteiger partial charge is 0.265 e. The minimum atomic E-state index is -3.48. The number of fused-ring (bicyclic) bond motifs is 1. The minimum absolute atomic E-state index is 0.000931. The maximum absolute atomic E-state index is 12.6. The molecule has 7 heteroatoms. The molecular weight excluding hydrogens is 292 g/mol. The lowest BCUT2D eigenvalue weighted by atomic mass is 10.2. The quantitative estimate of drug-likeness (QED) is 0.842. The first kappa shape index (κ1) is 14.3. The molecule has 1 fully saturated rings. The average molecular weight is 310 g/mol. The van der Waals surface area contributed by atoms with Crippen molar-refractivity contribution in [2.75, 3.05) is 31.1 Å². The molecule has 1 saturated heterocycles. The molecule has 1 aromatic carbocycles. The lowest BCUT2D eigenvalue weighted by Gasteiger charge is -2.29. The van der Waals surface area contributed by atoms with Gasteiger partial charge >= 0.3 is 0 Å². The molecule has 3 rings (SSSR count). The molecule has 6 nitrogen and oxygen atoms in total. The molecule has 0 aliphatic carbocycles. The van der Waals surface area contributed by atoms with E-state index >= 15 is 0 Å². The number of ether oxygens (including phenoxy) is 1. The van der Waals surface area contributed by atoms with Gasteiger partial charge in [0.25, 0.3) is 5.91 Å². The third kappa shape index (κ3) is 2.40. The highest BCUT2D eigenvalue weighted by Gasteiger charge is 2.30. The highest BCUT2D eigenvalue weighted by atomic mass is 32.2. The van der Waals surface area contributed by atoms with Crippen LogP contribution < -0.4 is 9.64 Å². The van der Waals surface area contributed by atoms with Gasteiger partial charge in [-0.05, 0) is 38.0 Å². The number of nitrogens with zero attached hydrogens (tertiary/aromatic N) is 2. The van der Waals surface area contributed by atoms with Crippen molar-refractivity contribution >= 4 is 21.6 Å². The van der Waals surface area contributed by atoms with E-state index in [1.807, 2.05) is 6.92 Å². The zero-order valence-corrected chi connectivity index (χ0v) is 12.7. The van der Waals surface area contributed by atoms with Crippen LogP contribution >= 0.6 is 0 Å². The fraction of sp³-hybridized carbons (Fsp3) is 0.500. The van der Waals surface area contributed by atoms with E-state index in [1.54, 1.807) is 23.1 Å². The summed E-state index contributed by atoms with van der Waals surface area (Å²) in [6.45, 7) is 3.47. The second-order valence-corrected chi connectivity index (χ2v) is 7.11. The molecule has 1 amide bonds. The van der Waals surface area contributed by atoms with Crippen LogP contribution in [-0.2, 0) is 14.8 Å². The van der Waals surface area contributed by atoms with Crippen LogP contribution in [0.1, 0.15) is 19.8 Å². The Morgan fingerprint density at radius 3 is 2.62 bits per heavy atom. The first-order valence-corrected chi connectivity index (χ1v) is 8.55. The molecule has 2 aliphatic rings. The first-order chi connectivity index (χ1) is 10.0. The lowest BCUT2D eigenvalue weighted by Crippen LogP contribution is -2.38. The number of rotatable bonds is 3. The Kier molecular flexibility index (Phi) is 3.62. The van der Waals surface area contributed by atoms with Gasteiger partial charge in [0, 0.05) is 19.6 Å². The van der Waals surface area contributed by atoms with Crippen LogP contribution in [0.15, 0.2) is 23.1 Å². The number of sulfonamides is 1. The van der Waals surface area contributed by atoms with Crippen molar-refractivity contribution in [3.05, 3.63) is 18.2 Å². The Balaban J connectivity index is 2.02. The molecular formula is C14H18N2O4S. The zero-order chi connectivity index (χ0) is 15.0. The van der Waals surface area contributed by atoms with E-state index in [4.69, 9.17) is 4.74 Å². The van der Waals surface area contributed by atoms with Gasteiger partial charge in [0.1, 0.15) is 5.75 Å². The van der Waals surface area contributed by atoms with Crippen LogP contribution in [0.5, 0.6) is 5.75 Å². The summed E-state index contributed by atoms with van der Waals surface area (Å²) in [5.74, 6) is 0.401. The van der Waals surface area contributed by atoms with E-state index < -0.39 is 10.0 Å². The zero-order valence-electron chi connectivity index (χ0n) is 11.9. The highest BCUT2D eigenvalue weighted by molar-refractivity contribution is 7.89. The number of anilines is 1. The minimum Gasteiger partial charge on any atom is -0.482 e. The van der Waals surface area contributed by atoms with Gasteiger partial charge in [0.15, 0.2) is 6.61 Å². The monoisotopic (exact) mass is 310 g/mol. The Bertz CT molecular complexity index is 666. The molecule has 0 N–H and O–H groups in total. The summed E-state index contributed by atoms with van der Waals surface area (Å²) in [6.07, 6.45) is 1.79. The largest absolute Gasteiger partial charge is 0.482 e. The molecule has 21 heavy (non-hydrogen) atoms. The fourth-order valence-electron chi connectivity index (χ4n) is 2.77. The van der Waals surface area contributed by atoms with Crippen LogP contribution in [0.25, 0.3) is 0 Å². The van der Waals surface area contributed by atoms with Gasteiger partial charge in [-0.15, -0.1) is 0 Å². The fourth-order valence-corrected chi connectivity index (χ4v) is 4.30. The van der Waals surface area contributed by atoms with E-state index in [9.17, 15) is 13.2 Å². The third-order valence-corrected chi connectivity index (χ3v) is 5.79. The predicted octanol–water partition coefficient (Wildman–Crippen LogP) is 1.22. The summed E-state index contributed by atoms with van der Waals surface area (Å²) in [4.78, 5) is 13.6. The number of carbonyl (C=O) groups is 1. The van der Waals surface area contributed by atoms with Crippen LogP contribution in [0.4, 0.5) is 5.69 Å². The molecule has 0 bridgehead atoms. The van der Waals surface area contributed by atoms with E-state index in [-0.39, 0.29) is 17.4 Å². The topological polar surface area (TPSA) is 66.9 Å². The van der Waals surface area contributed by atoms with Crippen LogP contribution in [0, 0.1) is 0 Å². The molecule has 0 saturated carbocycles. The molecule has 0 aromatic heterocycles. The lowest BCUT2D eigenvalue weighted by molar-refractivity contribution is -0.121. The van der Waals surface area contributed by atoms with E-state index in [1.165, 1.54) is 4.31 Å². The maximum Gasteiger partial charge on any atom is 0.265 e. The molecule has 1 aromatic rings. The van der Waals surface area contributed by atoms with Crippen LogP contribution in [0.3, 0.4) is 0 Å². The Labute approximate surface area is 124 Å². The number of likely N-dealkylation sites (N-methyl/N-ethyl adjacent to an activating group) is 1. The van der Waals surface area contributed by atoms with Gasteiger partial charge in [-0.3, -0.25) is 4.79 Å². The van der Waals surface area contributed by atoms with Gasteiger partial charge < -0.3 is 9.64 Å². The maximum atomic E-state index is 12.6. The normalized spacial score (nSPS) is 19.5. The highest BCUT2D eigenvalue weighted by Crippen LogP contribution is 2.35. The molecule has 114 valence electrons. The van der Waals surface area contributed by atoms with Crippen molar-refractivity contribution in [3.63, 3.8) is 0 Å². The van der Waals surface area contributed by atoms with Crippen molar-refractivity contribution in [2.24, 2.45) is 0 Å². The predicted molar refractivity (Wildman–Crippen MR) is 78.0 cm³/mol. The van der Waals surface area contributed by atoms with Crippen molar-refractivity contribution in [1.82, 2.24) is 4.31 Å². The number of benzene rings is 1. The van der Waals surface area contributed by atoms with E-state index in [0.717, 1.165) is 12.8 Å². The van der Waals surface area contributed by atoms with Crippen molar-refractivity contribution in [2.45, 2.75) is 24.7 Å². The van der Waals surface area contributed by atoms with Gasteiger partial charge in [0.05, 0.1) is 10.6 Å². The number of hydrogen-bond acceptors (Lipinski definition) is 4. The van der Waals surface area contributed by atoms with Crippen molar-refractivity contribution in [1.29, 1.82) is 0 Å². The Morgan fingerprint density at radius 1 is 1.24 bits per heavy atom. The Morgan fingerprint density at radius 2 is 1.95 bits per heavy atom. The summed E-state index contributed by atoms with van der Waals surface area (Å²) in [5, 5.41) is 0. The number of carbonyl (C=O) groups excluding carboxylic acids is 1. The molecule has 0 atom stereocenters. The standard InChI is InChI=1S/C14H18N2O4S/c1-2-16-12-9-11(5-6-13(12)20-10-14(16)17)21(18,19)15-7-3-4-8-15/h5-6,9H,2-4,7-8,10H2,1H3. The summed E-state index contributed by atoms with van der Waals surface area (Å²) >= 11 is 0. The van der Waals surface area contributed by atoms with Gasteiger partial charge in [-0.25, -0.2) is 8.42 Å². The van der Waals surface area contributed by atoms with Crippen molar-refractivity contribution < 1.29 is 17.9 Å².